The second kappa shape index (κ2) is 5.03. The quantitative estimate of drug-likeness (QED) is 0.832. The Labute approximate surface area is 92.8 Å². The zero-order valence-corrected chi connectivity index (χ0v) is 8.78. The van der Waals surface area contributed by atoms with Crippen molar-refractivity contribution in [3.8, 4) is 0 Å². The third-order valence-electron chi connectivity index (χ3n) is 2.59. The predicted octanol–water partition coefficient (Wildman–Crippen LogP) is 0.987. The number of ether oxygens (including phenoxy) is 1. The minimum absolute atomic E-state index is 0.0360. The highest BCUT2D eigenvalue weighted by Gasteiger charge is 2.17. The van der Waals surface area contributed by atoms with Crippen molar-refractivity contribution >= 4 is 5.91 Å². The zero-order valence-electron chi connectivity index (χ0n) is 8.78. The number of halogens is 1. The van der Waals surface area contributed by atoms with Crippen LogP contribution in [0.25, 0.3) is 0 Å². The molecule has 0 saturated carbocycles. The molecule has 1 aliphatic heterocycles. The van der Waals surface area contributed by atoms with Gasteiger partial charge in [-0.05, 0) is 12.5 Å². The van der Waals surface area contributed by atoms with E-state index in [-0.39, 0.29) is 5.56 Å². The Morgan fingerprint density at radius 2 is 2.56 bits per heavy atom. The van der Waals surface area contributed by atoms with Crippen molar-refractivity contribution in [2.24, 2.45) is 5.92 Å². The largest absolute Gasteiger partial charge is 0.381 e. The van der Waals surface area contributed by atoms with Gasteiger partial charge in [0, 0.05) is 25.3 Å². The summed E-state index contributed by atoms with van der Waals surface area (Å²) in [5.74, 6) is -0.650. The van der Waals surface area contributed by atoms with Gasteiger partial charge >= 0.3 is 0 Å². The van der Waals surface area contributed by atoms with Crippen molar-refractivity contribution in [1.29, 1.82) is 0 Å². The summed E-state index contributed by atoms with van der Waals surface area (Å²) in [6, 6.07) is 1.37. The Kier molecular flexibility index (Phi) is 3.46. The van der Waals surface area contributed by atoms with Gasteiger partial charge in [0.1, 0.15) is 0 Å². The molecule has 0 aromatic carbocycles. The maximum absolute atomic E-state index is 13.2. The van der Waals surface area contributed by atoms with E-state index in [1.165, 1.54) is 12.3 Å². The van der Waals surface area contributed by atoms with E-state index in [0.717, 1.165) is 19.2 Å². The molecule has 1 fully saturated rings. The van der Waals surface area contributed by atoms with Crippen LogP contribution >= 0.6 is 0 Å². The van der Waals surface area contributed by atoms with Gasteiger partial charge < -0.3 is 10.1 Å². The molecule has 1 aromatic rings. The molecular formula is C11H13FN2O2. The van der Waals surface area contributed by atoms with E-state index in [9.17, 15) is 9.18 Å². The lowest BCUT2D eigenvalue weighted by atomic mass is 10.1. The van der Waals surface area contributed by atoms with Crippen LogP contribution in [0.5, 0.6) is 0 Å². The van der Waals surface area contributed by atoms with Gasteiger partial charge in [-0.3, -0.25) is 9.78 Å². The van der Waals surface area contributed by atoms with Gasteiger partial charge in [-0.25, -0.2) is 4.39 Å². The number of carbonyl (C=O) groups is 1. The molecule has 86 valence electrons. The molecule has 1 aliphatic rings. The van der Waals surface area contributed by atoms with Crippen LogP contribution in [0.4, 0.5) is 4.39 Å². The Balaban J connectivity index is 1.90. The number of carbonyl (C=O) groups excluding carboxylic acids is 1. The van der Waals surface area contributed by atoms with Crippen molar-refractivity contribution in [3.05, 3.63) is 29.8 Å². The van der Waals surface area contributed by atoms with Crippen molar-refractivity contribution in [2.45, 2.75) is 6.42 Å². The number of hydrogen-bond acceptors (Lipinski definition) is 3. The third kappa shape index (κ3) is 2.55. The highest BCUT2D eigenvalue weighted by molar-refractivity contribution is 5.94. The first-order chi connectivity index (χ1) is 7.77. The average Bonchev–Trinajstić information content (AvgIpc) is 2.79. The molecule has 1 N–H and O–H groups in total. The van der Waals surface area contributed by atoms with Crippen molar-refractivity contribution in [1.82, 2.24) is 10.3 Å². The number of nitrogens with one attached hydrogen (secondary N) is 1. The standard InChI is InChI=1S/C11H13FN2O2/c12-10-6-13-3-1-9(10)11(15)14-5-8-2-4-16-7-8/h1,3,6,8H,2,4-5,7H2,(H,14,15). The van der Waals surface area contributed by atoms with Crippen LogP contribution in [0, 0.1) is 11.7 Å². The van der Waals surface area contributed by atoms with Gasteiger partial charge in [0.15, 0.2) is 5.82 Å². The third-order valence-corrected chi connectivity index (χ3v) is 2.59. The molecular weight excluding hydrogens is 211 g/mol. The summed E-state index contributed by atoms with van der Waals surface area (Å²) in [5.41, 5.74) is 0.0360. The molecule has 16 heavy (non-hydrogen) atoms. The van der Waals surface area contributed by atoms with Gasteiger partial charge in [0.25, 0.3) is 5.91 Å². The zero-order chi connectivity index (χ0) is 11.4. The number of nitrogens with zero attached hydrogens (tertiary/aromatic N) is 1. The Morgan fingerprint density at radius 3 is 3.25 bits per heavy atom. The Morgan fingerprint density at radius 1 is 1.69 bits per heavy atom. The van der Waals surface area contributed by atoms with E-state index in [0.29, 0.717) is 19.1 Å². The lowest BCUT2D eigenvalue weighted by molar-refractivity contribution is 0.0941. The number of hydrogen-bond donors (Lipinski definition) is 1. The lowest BCUT2D eigenvalue weighted by Gasteiger charge is -2.09. The van der Waals surface area contributed by atoms with E-state index in [2.05, 4.69) is 10.3 Å². The van der Waals surface area contributed by atoms with E-state index in [1.807, 2.05) is 0 Å². The van der Waals surface area contributed by atoms with Crippen LogP contribution in [0.15, 0.2) is 18.5 Å². The van der Waals surface area contributed by atoms with Crippen LogP contribution in [-0.2, 0) is 4.74 Å². The van der Waals surface area contributed by atoms with E-state index in [4.69, 9.17) is 4.74 Å². The molecule has 0 radical (unpaired) electrons. The summed E-state index contributed by atoms with van der Waals surface area (Å²) < 4.78 is 18.4. The molecule has 0 spiro atoms. The molecule has 0 aliphatic carbocycles. The SMILES string of the molecule is O=C(NCC1CCOC1)c1ccncc1F. The summed E-state index contributed by atoms with van der Waals surface area (Å²) in [4.78, 5) is 15.2. The van der Waals surface area contributed by atoms with Crippen LogP contribution in [0.1, 0.15) is 16.8 Å². The van der Waals surface area contributed by atoms with Crippen LogP contribution < -0.4 is 5.32 Å². The van der Waals surface area contributed by atoms with Crippen LogP contribution in [0.3, 0.4) is 0 Å². The molecule has 4 nitrogen and oxygen atoms in total. The monoisotopic (exact) mass is 224 g/mol. The predicted molar refractivity (Wildman–Crippen MR) is 55.5 cm³/mol. The van der Waals surface area contributed by atoms with Gasteiger partial charge in [-0.15, -0.1) is 0 Å². The van der Waals surface area contributed by atoms with Crippen molar-refractivity contribution < 1.29 is 13.9 Å². The van der Waals surface area contributed by atoms with Crippen LogP contribution in [-0.4, -0.2) is 30.6 Å². The molecule has 1 atom stereocenters. The fourth-order valence-corrected chi connectivity index (χ4v) is 1.64. The van der Waals surface area contributed by atoms with Gasteiger partial charge in [-0.2, -0.15) is 0 Å². The first-order valence-electron chi connectivity index (χ1n) is 5.23. The first kappa shape index (κ1) is 11.0. The highest BCUT2D eigenvalue weighted by atomic mass is 19.1. The average molecular weight is 224 g/mol. The van der Waals surface area contributed by atoms with Gasteiger partial charge in [-0.1, -0.05) is 0 Å². The summed E-state index contributed by atoms with van der Waals surface area (Å²) in [7, 11) is 0. The fourth-order valence-electron chi connectivity index (χ4n) is 1.64. The number of amides is 1. The van der Waals surface area contributed by atoms with E-state index >= 15 is 0 Å². The maximum Gasteiger partial charge on any atom is 0.254 e. The summed E-state index contributed by atoms with van der Waals surface area (Å²) in [6.07, 6.45) is 3.38. The highest BCUT2D eigenvalue weighted by Crippen LogP contribution is 2.11. The molecule has 2 rings (SSSR count). The second-order valence-electron chi connectivity index (χ2n) is 3.80. The molecule has 1 saturated heterocycles. The topological polar surface area (TPSA) is 51.2 Å². The number of rotatable bonds is 3. The molecule has 1 amide bonds. The molecule has 2 heterocycles. The van der Waals surface area contributed by atoms with E-state index in [1.54, 1.807) is 0 Å². The minimum atomic E-state index is -0.595. The maximum atomic E-state index is 13.2. The molecule has 0 bridgehead atoms. The fraction of sp³-hybridized carbons (Fsp3) is 0.455. The van der Waals surface area contributed by atoms with Crippen LogP contribution in [0.2, 0.25) is 0 Å². The summed E-state index contributed by atoms with van der Waals surface area (Å²) in [5, 5.41) is 2.70. The summed E-state index contributed by atoms with van der Waals surface area (Å²) in [6.45, 7) is 1.93. The Hall–Kier alpha value is -1.49. The van der Waals surface area contributed by atoms with Gasteiger partial charge in [0.05, 0.1) is 18.4 Å². The normalized spacial score (nSPS) is 19.7. The second-order valence-corrected chi connectivity index (χ2v) is 3.80. The Bertz CT molecular complexity index is 378. The van der Waals surface area contributed by atoms with Crippen molar-refractivity contribution in [2.75, 3.05) is 19.8 Å². The molecule has 5 heteroatoms. The number of aromatic nitrogens is 1. The molecule has 1 unspecified atom stereocenters. The minimum Gasteiger partial charge on any atom is -0.381 e. The summed E-state index contributed by atoms with van der Waals surface area (Å²) >= 11 is 0. The first-order valence-corrected chi connectivity index (χ1v) is 5.23. The van der Waals surface area contributed by atoms with E-state index < -0.39 is 11.7 Å². The smallest absolute Gasteiger partial charge is 0.254 e. The molecule has 1 aromatic heterocycles. The van der Waals surface area contributed by atoms with Gasteiger partial charge in [0.2, 0.25) is 0 Å². The lowest BCUT2D eigenvalue weighted by Crippen LogP contribution is -2.30. The number of pyridine rings is 1. The van der Waals surface area contributed by atoms with Crippen molar-refractivity contribution in [3.63, 3.8) is 0 Å².